The number of fused-ring (bicyclic) bond motifs is 6. The molecule has 0 unspecified atom stereocenters. The van der Waals surface area contributed by atoms with Crippen LogP contribution in [0.15, 0.2) is 224 Å². The quantitative estimate of drug-likeness (QED) is 0.141. The van der Waals surface area contributed by atoms with Crippen LogP contribution in [0.5, 0.6) is 0 Å². The first-order valence-electron chi connectivity index (χ1n) is 22.3. The van der Waals surface area contributed by atoms with Crippen LogP contribution < -0.4 is 0 Å². The molecular formula is C61H37F5N2. The van der Waals surface area contributed by atoms with Crippen LogP contribution >= 0.6 is 0 Å². The average Bonchev–Trinajstić information content (AvgIpc) is 3.88. The Kier molecular flexibility index (Phi) is 9.69. The maximum absolute atomic E-state index is 16.8. The van der Waals surface area contributed by atoms with Gasteiger partial charge >= 0.3 is 6.18 Å². The Hall–Kier alpha value is -8.55. The molecule has 0 amide bonds. The Morgan fingerprint density at radius 3 is 0.926 bits per heavy atom. The SMILES string of the molecule is Fc1cccc(-c2cc(-n3c4ccc(-c5ccccc5)cc4c4cc(-c5ccccc5)ccc43)c(C(F)(F)F)c(-n3c4ccc(-c5ccccc5)cc4c4cc(-c5ccccc5)ccc43)c2)c1F. The van der Waals surface area contributed by atoms with Gasteiger partial charge in [-0.05, 0) is 117 Å². The van der Waals surface area contributed by atoms with Crippen molar-refractivity contribution >= 4 is 43.6 Å². The lowest BCUT2D eigenvalue weighted by molar-refractivity contribution is -0.137. The van der Waals surface area contributed by atoms with Crippen molar-refractivity contribution in [3.8, 4) is 67.0 Å². The van der Waals surface area contributed by atoms with E-state index in [1.165, 1.54) is 24.3 Å². The number of halogens is 5. The van der Waals surface area contributed by atoms with Crippen molar-refractivity contribution in [3.63, 3.8) is 0 Å². The molecule has 12 aromatic rings. The van der Waals surface area contributed by atoms with Gasteiger partial charge in [-0.25, -0.2) is 8.78 Å². The van der Waals surface area contributed by atoms with Crippen LogP contribution in [-0.4, -0.2) is 9.13 Å². The molecule has 2 heterocycles. The Balaban J connectivity index is 1.22. The first-order chi connectivity index (χ1) is 33.2. The Bertz CT molecular complexity index is 3480. The zero-order valence-electron chi connectivity index (χ0n) is 36.1. The van der Waals surface area contributed by atoms with Crippen molar-refractivity contribution in [1.29, 1.82) is 0 Å². The molecule has 0 atom stereocenters. The largest absolute Gasteiger partial charge is 0.420 e. The summed E-state index contributed by atoms with van der Waals surface area (Å²) in [5, 5.41) is 2.93. The Morgan fingerprint density at radius 2 is 0.618 bits per heavy atom. The summed E-state index contributed by atoms with van der Waals surface area (Å²) in [4.78, 5) is 0. The van der Waals surface area contributed by atoms with E-state index in [4.69, 9.17) is 0 Å². The van der Waals surface area contributed by atoms with Crippen LogP contribution in [0.4, 0.5) is 22.0 Å². The van der Waals surface area contributed by atoms with Gasteiger partial charge in [0.15, 0.2) is 11.6 Å². The van der Waals surface area contributed by atoms with Crippen molar-refractivity contribution in [1.82, 2.24) is 9.13 Å². The molecular weight excluding hydrogens is 856 g/mol. The van der Waals surface area contributed by atoms with Gasteiger partial charge in [0, 0.05) is 27.1 Å². The van der Waals surface area contributed by atoms with Crippen molar-refractivity contribution in [2.75, 3.05) is 0 Å². The molecule has 2 aromatic heterocycles. The fourth-order valence-electron chi connectivity index (χ4n) is 9.94. The summed E-state index contributed by atoms with van der Waals surface area (Å²) in [5.74, 6) is -2.27. The second-order valence-electron chi connectivity index (χ2n) is 17.1. The van der Waals surface area contributed by atoms with Gasteiger partial charge in [-0.2, -0.15) is 13.2 Å². The first kappa shape index (κ1) is 40.9. The topological polar surface area (TPSA) is 9.86 Å². The summed E-state index contributed by atoms with van der Waals surface area (Å²) >= 11 is 0. The summed E-state index contributed by atoms with van der Waals surface area (Å²) in [6.45, 7) is 0. The Morgan fingerprint density at radius 1 is 0.294 bits per heavy atom. The average molecular weight is 893 g/mol. The molecule has 0 bridgehead atoms. The van der Waals surface area contributed by atoms with Gasteiger partial charge in [0.1, 0.15) is 5.56 Å². The first-order valence-corrected chi connectivity index (χ1v) is 22.3. The second-order valence-corrected chi connectivity index (χ2v) is 17.1. The van der Waals surface area contributed by atoms with Gasteiger partial charge in [-0.1, -0.05) is 158 Å². The highest BCUT2D eigenvalue weighted by atomic mass is 19.4. The third-order valence-corrected chi connectivity index (χ3v) is 13.1. The standard InChI is InChI=1S/C61H37F5N2/c62-52-23-13-22-47(60(52)63)46-36-57(67-53-28-24-42(38-14-5-1-6-15-38)32-48(53)49-33-43(25-29-54(49)67)39-16-7-2-8-17-39)59(61(64,65)66)58(37-46)68-55-30-26-44(40-18-9-3-10-19-40)34-50(55)51-35-45(27-31-56(51)68)41-20-11-4-12-21-41/h1-37H. The predicted molar refractivity (Wildman–Crippen MR) is 267 cm³/mol. The number of rotatable bonds is 7. The molecule has 0 radical (unpaired) electrons. The summed E-state index contributed by atoms with van der Waals surface area (Å²) < 4.78 is 85.0. The van der Waals surface area contributed by atoms with Gasteiger partial charge in [-0.3, -0.25) is 0 Å². The lowest BCUT2D eigenvalue weighted by atomic mass is 9.98. The number of nitrogens with zero attached hydrogens (tertiary/aromatic N) is 2. The molecule has 0 aliphatic rings. The number of benzene rings is 10. The van der Waals surface area contributed by atoms with E-state index in [0.717, 1.165) is 72.1 Å². The van der Waals surface area contributed by atoms with Crippen LogP contribution in [0.2, 0.25) is 0 Å². The summed E-state index contributed by atoms with van der Waals surface area (Å²) in [6, 6.07) is 69.0. The fourth-order valence-corrected chi connectivity index (χ4v) is 9.94. The lowest BCUT2D eigenvalue weighted by Gasteiger charge is -2.23. The Labute approximate surface area is 388 Å². The molecule has 7 heteroatoms. The van der Waals surface area contributed by atoms with Crippen molar-refractivity contribution < 1.29 is 22.0 Å². The van der Waals surface area contributed by atoms with Crippen LogP contribution in [0.3, 0.4) is 0 Å². The summed E-state index contributed by atoms with van der Waals surface area (Å²) in [6.07, 6.45) is -4.96. The fraction of sp³-hybridized carbons (Fsp3) is 0.0164. The molecule has 0 aliphatic carbocycles. The van der Waals surface area contributed by atoms with Gasteiger partial charge in [-0.15, -0.1) is 0 Å². The third-order valence-electron chi connectivity index (χ3n) is 13.1. The van der Waals surface area contributed by atoms with Crippen molar-refractivity contribution in [2.24, 2.45) is 0 Å². The van der Waals surface area contributed by atoms with Gasteiger partial charge in [0.05, 0.1) is 33.4 Å². The number of hydrogen-bond acceptors (Lipinski definition) is 0. The maximum Gasteiger partial charge on any atom is 0.420 e. The molecule has 68 heavy (non-hydrogen) atoms. The molecule has 0 saturated heterocycles. The van der Waals surface area contributed by atoms with Crippen LogP contribution in [0.1, 0.15) is 5.56 Å². The zero-order valence-corrected chi connectivity index (χ0v) is 36.1. The molecule has 326 valence electrons. The van der Waals surface area contributed by atoms with Crippen molar-refractivity contribution in [3.05, 3.63) is 242 Å². The molecule has 2 nitrogen and oxygen atoms in total. The highest BCUT2D eigenvalue weighted by molar-refractivity contribution is 6.13. The summed E-state index contributed by atoms with van der Waals surface area (Å²) in [5.41, 5.74) is 7.95. The smallest absolute Gasteiger partial charge is 0.309 e. The molecule has 0 spiro atoms. The van der Waals surface area contributed by atoms with E-state index in [2.05, 4.69) is 0 Å². The molecule has 0 fully saturated rings. The molecule has 0 aliphatic heterocycles. The monoisotopic (exact) mass is 892 g/mol. The van der Waals surface area contributed by atoms with Crippen LogP contribution in [0.25, 0.3) is 111 Å². The highest BCUT2D eigenvalue weighted by Crippen LogP contribution is 2.48. The lowest BCUT2D eigenvalue weighted by Crippen LogP contribution is -2.16. The minimum atomic E-state index is -4.96. The van der Waals surface area contributed by atoms with E-state index in [-0.39, 0.29) is 22.5 Å². The van der Waals surface area contributed by atoms with Crippen molar-refractivity contribution in [2.45, 2.75) is 6.18 Å². The van der Waals surface area contributed by atoms with E-state index >= 15 is 22.0 Å². The molecule has 10 aromatic carbocycles. The molecule has 12 rings (SSSR count). The minimum Gasteiger partial charge on any atom is -0.309 e. The second kappa shape index (κ2) is 16.1. The molecule has 0 N–H and O–H groups in total. The van der Waals surface area contributed by atoms with E-state index in [1.54, 1.807) is 9.13 Å². The van der Waals surface area contributed by atoms with Crippen LogP contribution in [-0.2, 0) is 6.18 Å². The minimum absolute atomic E-state index is 0.0774. The third kappa shape index (κ3) is 6.85. The van der Waals surface area contributed by atoms with E-state index < -0.39 is 23.4 Å². The number of alkyl halides is 3. The maximum atomic E-state index is 16.8. The number of aromatic nitrogens is 2. The van der Waals surface area contributed by atoms with E-state index in [0.29, 0.717) is 22.1 Å². The van der Waals surface area contributed by atoms with E-state index in [9.17, 15) is 0 Å². The van der Waals surface area contributed by atoms with Gasteiger partial charge < -0.3 is 9.13 Å². The van der Waals surface area contributed by atoms with Crippen LogP contribution in [0, 0.1) is 11.6 Å². The predicted octanol–water partition coefficient (Wildman–Crippen LogP) is 17.5. The van der Waals surface area contributed by atoms with Gasteiger partial charge in [0.25, 0.3) is 0 Å². The zero-order chi connectivity index (χ0) is 46.1. The highest BCUT2D eigenvalue weighted by Gasteiger charge is 2.40. The normalized spacial score (nSPS) is 11.9. The number of hydrogen-bond donors (Lipinski definition) is 0. The van der Waals surface area contributed by atoms with E-state index in [1.807, 2.05) is 194 Å². The summed E-state index contributed by atoms with van der Waals surface area (Å²) in [7, 11) is 0. The van der Waals surface area contributed by atoms with Gasteiger partial charge in [0.2, 0.25) is 0 Å². The molecule has 0 saturated carbocycles.